The van der Waals surface area contributed by atoms with Crippen molar-refractivity contribution in [3.05, 3.63) is 70.4 Å². The lowest BCUT2D eigenvalue weighted by molar-refractivity contribution is 0.0954. The molecule has 0 aliphatic carbocycles. The number of benzene rings is 2. The molecule has 0 saturated heterocycles. The zero-order valence-electron chi connectivity index (χ0n) is 13.3. The van der Waals surface area contributed by atoms with E-state index < -0.39 is 0 Å². The quantitative estimate of drug-likeness (QED) is 0.715. The minimum Gasteiger partial charge on any atom is -0.377 e. The normalized spacial score (nSPS) is 10.9. The first kappa shape index (κ1) is 16.6. The lowest BCUT2D eigenvalue weighted by Gasteiger charge is -2.10. The summed E-state index contributed by atoms with van der Waals surface area (Å²) in [6, 6.07) is 14.3. The number of carbonyl (C=O) groups is 1. The molecule has 0 atom stereocenters. The molecule has 3 nitrogen and oxygen atoms in total. The van der Waals surface area contributed by atoms with Gasteiger partial charge < -0.3 is 10.1 Å². The number of nitrogens with one attached hydrogen (secondary N) is 1. The largest absolute Gasteiger partial charge is 0.377 e. The summed E-state index contributed by atoms with van der Waals surface area (Å²) in [6.45, 7) is 3.54. The number of rotatable bonds is 6. The highest BCUT2D eigenvalue weighted by Crippen LogP contribution is 2.27. The summed E-state index contributed by atoms with van der Waals surface area (Å²) < 4.78 is 20.0. The fourth-order valence-corrected chi connectivity index (χ4v) is 3.47. The van der Waals surface area contributed by atoms with Crippen molar-refractivity contribution in [2.24, 2.45) is 0 Å². The Morgan fingerprint density at radius 3 is 2.71 bits per heavy atom. The molecule has 2 aromatic carbocycles. The summed E-state index contributed by atoms with van der Waals surface area (Å²) in [4.78, 5) is 12.9. The van der Waals surface area contributed by atoms with E-state index in [1.807, 2.05) is 37.3 Å². The van der Waals surface area contributed by atoms with Gasteiger partial charge in [0.1, 0.15) is 5.82 Å². The van der Waals surface area contributed by atoms with E-state index in [-0.39, 0.29) is 11.7 Å². The van der Waals surface area contributed by atoms with Crippen molar-refractivity contribution in [3.63, 3.8) is 0 Å². The summed E-state index contributed by atoms with van der Waals surface area (Å²) in [6.07, 6.45) is 0. The minimum absolute atomic E-state index is 0.193. The Morgan fingerprint density at radius 1 is 1.17 bits per heavy atom. The van der Waals surface area contributed by atoms with Crippen LogP contribution in [0.5, 0.6) is 0 Å². The number of hydrogen-bond donors (Lipinski definition) is 1. The topological polar surface area (TPSA) is 38.3 Å². The van der Waals surface area contributed by atoms with Crippen LogP contribution >= 0.6 is 11.3 Å². The lowest BCUT2D eigenvalue weighted by Crippen LogP contribution is -2.22. The molecule has 1 amide bonds. The van der Waals surface area contributed by atoms with E-state index in [0.717, 1.165) is 15.8 Å². The van der Waals surface area contributed by atoms with Gasteiger partial charge in [-0.3, -0.25) is 4.79 Å². The van der Waals surface area contributed by atoms with Crippen LogP contribution in [0.1, 0.15) is 27.7 Å². The number of halogens is 1. The molecule has 0 unspecified atom stereocenters. The first-order valence-electron chi connectivity index (χ1n) is 7.80. The Morgan fingerprint density at radius 2 is 1.96 bits per heavy atom. The molecule has 0 fully saturated rings. The molecule has 0 aliphatic heterocycles. The Balaban J connectivity index is 1.72. The van der Waals surface area contributed by atoms with Crippen molar-refractivity contribution in [2.75, 3.05) is 6.61 Å². The smallest absolute Gasteiger partial charge is 0.261 e. The van der Waals surface area contributed by atoms with Crippen molar-refractivity contribution < 1.29 is 13.9 Å². The molecule has 124 valence electrons. The summed E-state index contributed by atoms with van der Waals surface area (Å²) in [5.41, 5.74) is 2.08. The third-order valence-corrected chi connectivity index (χ3v) is 4.85. The standard InChI is InChI=1S/C19H18FNO2S/c1-2-23-12-14-7-4-3-6-13(14)11-21-19(22)18-10-15-16(20)8-5-9-17(15)24-18/h3-10H,2,11-12H2,1H3,(H,21,22). The van der Waals surface area contributed by atoms with E-state index in [1.54, 1.807) is 12.1 Å². The van der Waals surface area contributed by atoms with E-state index in [1.165, 1.54) is 17.4 Å². The third kappa shape index (κ3) is 3.63. The Bertz CT molecular complexity index is 859. The molecule has 1 aromatic heterocycles. The highest BCUT2D eigenvalue weighted by Gasteiger charge is 2.12. The van der Waals surface area contributed by atoms with Gasteiger partial charge in [0.25, 0.3) is 5.91 Å². The molecule has 0 bridgehead atoms. The Kier molecular flexibility index (Phi) is 5.23. The Hall–Kier alpha value is -2.24. The highest BCUT2D eigenvalue weighted by atomic mass is 32.1. The van der Waals surface area contributed by atoms with Crippen LogP contribution < -0.4 is 5.32 Å². The van der Waals surface area contributed by atoms with Gasteiger partial charge in [-0.2, -0.15) is 0 Å². The van der Waals surface area contributed by atoms with Crippen LogP contribution in [0, 0.1) is 5.82 Å². The van der Waals surface area contributed by atoms with Gasteiger partial charge in [-0.25, -0.2) is 4.39 Å². The van der Waals surface area contributed by atoms with E-state index in [4.69, 9.17) is 4.74 Å². The number of carbonyl (C=O) groups excluding carboxylic acids is 1. The molecular weight excluding hydrogens is 325 g/mol. The SMILES string of the molecule is CCOCc1ccccc1CNC(=O)c1cc2c(F)cccc2s1. The predicted octanol–water partition coefficient (Wildman–Crippen LogP) is 4.51. The summed E-state index contributed by atoms with van der Waals surface area (Å²) in [5, 5.41) is 3.40. The summed E-state index contributed by atoms with van der Waals surface area (Å²) in [7, 11) is 0. The second kappa shape index (κ2) is 7.55. The van der Waals surface area contributed by atoms with E-state index in [9.17, 15) is 9.18 Å². The van der Waals surface area contributed by atoms with Gasteiger partial charge in [0.05, 0.1) is 11.5 Å². The molecule has 3 rings (SSSR count). The fraction of sp³-hybridized carbons (Fsp3) is 0.211. The van der Waals surface area contributed by atoms with Gasteiger partial charge in [0.2, 0.25) is 0 Å². The second-order valence-electron chi connectivity index (χ2n) is 5.35. The minimum atomic E-state index is -0.301. The predicted molar refractivity (Wildman–Crippen MR) is 94.7 cm³/mol. The average molecular weight is 343 g/mol. The second-order valence-corrected chi connectivity index (χ2v) is 6.43. The van der Waals surface area contributed by atoms with Crippen molar-refractivity contribution >= 4 is 27.3 Å². The monoisotopic (exact) mass is 343 g/mol. The van der Waals surface area contributed by atoms with Crippen LogP contribution in [0.15, 0.2) is 48.5 Å². The van der Waals surface area contributed by atoms with Crippen molar-refractivity contribution in [2.45, 2.75) is 20.1 Å². The van der Waals surface area contributed by atoms with Gasteiger partial charge in [0.15, 0.2) is 0 Å². The van der Waals surface area contributed by atoms with Crippen molar-refractivity contribution in [1.29, 1.82) is 0 Å². The van der Waals surface area contributed by atoms with Crippen molar-refractivity contribution in [3.8, 4) is 0 Å². The van der Waals surface area contributed by atoms with Crippen LogP contribution in [0.2, 0.25) is 0 Å². The van der Waals surface area contributed by atoms with Crippen LogP contribution in [0.25, 0.3) is 10.1 Å². The van der Waals surface area contributed by atoms with Crippen LogP contribution in [-0.2, 0) is 17.9 Å². The van der Waals surface area contributed by atoms with E-state index in [2.05, 4.69) is 5.32 Å². The lowest BCUT2D eigenvalue weighted by atomic mass is 10.1. The van der Waals surface area contributed by atoms with Gasteiger partial charge in [-0.1, -0.05) is 30.3 Å². The zero-order chi connectivity index (χ0) is 16.9. The number of hydrogen-bond acceptors (Lipinski definition) is 3. The van der Waals surface area contributed by atoms with Gasteiger partial charge >= 0.3 is 0 Å². The van der Waals surface area contributed by atoms with Crippen molar-refractivity contribution in [1.82, 2.24) is 5.32 Å². The Labute approximate surface area is 144 Å². The molecule has 0 aliphatic rings. The number of fused-ring (bicyclic) bond motifs is 1. The number of thiophene rings is 1. The first-order chi connectivity index (χ1) is 11.7. The molecule has 0 radical (unpaired) electrons. The van der Waals surface area contributed by atoms with Gasteiger partial charge in [-0.05, 0) is 36.2 Å². The molecule has 0 saturated carbocycles. The molecule has 5 heteroatoms. The maximum absolute atomic E-state index is 13.7. The highest BCUT2D eigenvalue weighted by molar-refractivity contribution is 7.20. The third-order valence-electron chi connectivity index (χ3n) is 3.75. The number of amides is 1. The summed E-state index contributed by atoms with van der Waals surface area (Å²) >= 11 is 1.30. The van der Waals surface area contributed by atoms with Crippen LogP contribution in [-0.4, -0.2) is 12.5 Å². The maximum Gasteiger partial charge on any atom is 0.261 e. The molecular formula is C19H18FNO2S. The maximum atomic E-state index is 13.7. The fourth-order valence-electron chi connectivity index (χ4n) is 2.48. The molecule has 0 spiro atoms. The zero-order valence-corrected chi connectivity index (χ0v) is 14.2. The number of ether oxygens (including phenoxy) is 1. The van der Waals surface area contributed by atoms with E-state index in [0.29, 0.717) is 30.0 Å². The van der Waals surface area contributed by atoms with E-state index >= 15 is 0 Å². The molecule has 3 aromatic rings. The first-order valence-corrected chi connectivity index (χ1v) is 8.61. The van der Waals surface area contributed by atoms with Gasteiger partial charge in [0, 0.05) is 23.2 Å². The molecule has 1 heterocycles. The van der Waals surface area contributed by atoms with Crippen LogP contribution in [0.4, 0.5) is 4.39 Å². The average Bonchev–Trinajstić information content (AvgIpc) is 3.04. The van der Waals surface area contributed by atoms with Crippen LogP contribution in [0.3, 0.4) is 0 Å². The molecule has 24 heavy (non-hydrogen) atoms. The molecule has 1 N–H and O–H groups in total. The summed E-state index contributed by atoms with van der Waals surface area (Å²) in [5.74, 6) is -0.494. The van der Waals surface area contributed by atoms with Gasteiger partial charge in [-0.15, -0.1) is 11.3 Å².